The molecular formula is C23H29N5O3. The highest BCUT2D eigenvalue weighted by molar-refractivity contribution is 5.92. The molecule has 8 nitrogen and oxygen atoms in total. The summed E-state index contributed by atoms with van der Waals surface area (Å²) >= 11 is 0. The molecule has 4 rings (SSSR count). The molecule has 31 heavy (non-hydrogen) atoms. The van der Waals surface area contributed by atoms with Crippen LogP contribution in [0.3, 0.4) is 0 Å². The Bertz CT molecular complexity index is 924. The van der Waals surface area contributed by atoms with Crippen LogP contribution in [0, 0.1) is 17.2 Å². The number of hydrogen-bond acceptors (Lipinski definition) is 5. The van der Waals surface area contributed by atoms with E-state index in [0.29, 0.717) is 18.7 Å². The lowest BCUT2D eigenvalue weighted by Gasteiger charge is -2.38. The Morgan fingerprint density at radius 1 is 1.26 bits per heavy atom. The zero-order valence-corrected chi connectivity index (χ0v) is 18.0. The molecule has 3 aliphatic rings. The SMILES string of the molecule is C[C@H](c1ccc(C(N)=O)cc1)N1C(=O)[C@@H]2C[C@H]1CN2C[C@H](C)C(=O)N1CCC[C@H]1C#N. The van der Waals surface area contributed by atoms with Crippen molar-refractivity contribution >= 4 is 17.7 Å². The molecule has 3 aliphatic heterocycles. The summed E-state index contributed by atoms with van der Waals surface area (Å²) in [6.45, 7) is 5.83. The van der Waals surface area contributed by atoms with Crippen molar-refractivity contribution in [1.82, 2.24) is 14.7 Å². The predicted octanol–water partition coefficient (Wildman–Crippen LogP) is 1.28. The van der Waals surface area contributed by atoms with Gasteiger partial charge >= 0.3 is 0 Å². The average Bonchev–Trinajstić information content (AvgIpc) is 3.47. The third-order valence-electron chi connectivity index (χ3n) is 7.02. The molecule has 0 aliphatic carbocycles. The molecule has 8 heteroatoms. The van der Waals surface area contributed by atoms with Crippen molar-refractivity contribution in [3.05, 3.63) is 35.4 Å². The zero-order chi connectivity index (χ0) is 22.3. The van der Waals surface area contributed by atoms with Crippen molar-refractivity contribution in [3.63, 3.8) is 0 Å². The minimum absolute atomic E-state index is 0.0130. The maximum absolute atomic E-state index is 13.1. The number of carbonyl (C=O) groups is 3. The van der Waals surface area contributed by atoms with Crippen LogP contribution in [-0.2, 0) is 9.59 Å². The molecule has 2 bridgehead atoms. The number of carbonyl (C=O) groups excluding carboxylic acids is 3. The van der Waals surface area contributed by atoms with Gasteiger partial charge in [-0.2, -0.15) is 5.26 Å². The zero-order valence-electron chi connectivity index (χ0n) is 18.0. The first-order valence-corrected chi connectivity index (χ1v) is 11.0. The Hall–Kier alpha value is -2.92. The highest BCUT2D eigenvalue weighted by Crippen LogP contribution is 2.38. The fourth-order valence-corrected chi connectivity index (χ4v) is 5.36. The van der Waals surface area contributed by atoms with E-state index in [9.17, 15) is 19.6 Å². The van der Waals surface area contributed by atoms with E-state index in [1.807, 2.05) is 30.9 Å². The molecule has 1 aromatic carbocycles. The third kappa shape index (κ3) is 3.79. The normalized spacial score (nSPS) is 27.4. The summed E-state index contributed by atoms with van der Waals surface area (Å²) in [6, 6.07) is 8.83. The molecule has 1 aromatic rings. The van der Waals surface area contributed by atoms with Crippen LogP contribution < -0.4 is 5.73 Å². The summed E-state index contributed by atoms with van der Waals surface area (Å²) in [7, 11) is 0. The number of hydrogen-bond donors (Lipinski definition) is 1. The summed E-state index contributed by atoms with van der Waals surface area (Å²) in [4.78, 5) is 43.1. The second-order valence-electron chi connectivity index (χ2n) is 8.99. The Morgan fingerprint density at radius 3 is 2.58 bits per heavy atom. The first-order chi connectivity index (χ1) is 14.8. The fourth-order valence-electron chi connectivity index (χ4n) is 5.36. The number of likely N-dealkylation sites (tertiary alicyclic amines) is 3. The van der Waals surface area contributed by atoms with Gasteiger partial charge in [0.15, 0.2) is 0 Å². The van der Waals surface area contributed by atoms with Gasteiger partial charge in [0.2, 0.25) is 17.7 Å². The van der Waals surface area contributed by atoms with Gasteiger partial charge in [-0.05, 0) is 43.9 Å². The predicted molar refractivity (Wildman–Crippen MR) is 113 cm³/mol. The molecule has 0 radical (unpaired) electrons. The van der Waals surface area contributed by atoms with Crippen LogP contribution in [0.15, 0.2) is 24.3 Å². The van der Waals surface area contributed by atoms with Crippen molar-refractivity contribution in [2.75, 3.05) is 19.6 Å². The Morgan fingerprint density at radius 2 is 1.97 bits per heavy atom. The van der Waals surface area contributed by atoms with Gasteiger partial charge in [0.1, 0.15) is 6.04 Å². The number of rotatable bonds is 6. The number of piperazine rings is 1. The fraction of sp³-hybridized carbons (Fsp3) is 0.565. The van der Waals surface area contributed by atoms with E-state index in [4.69, 9.17) is 5.73 Å². The minimum Gasteiger partial charge on any atom is -0.366 e. The highest BCUT2D eigenvalue weighted by atomic mass is 16.2. The second kappa shape index (κ2) is 8.31. The van der Waals surface area contributed by atoms with E-state index in [0.717, 1.165) is 31.4 Å². The largest absolute Gasteiger partial charge is 0.366 e. The molecule has 5 atom stereocenters. The monoisotopic (exact) mass is 423 g/mol. The lowest BCUT2D eigenvalue weighted by atomic mass is 10.0. The van der Waals surface area contributed by atoms with E-state index >= 15 is 0 Å². The summed E-state index contributed by atoms with van der Waals surface area (Å²) in [5.41, 5.74) is 6.73. The van der Waals surface area contributed by atoms with Gasteiger partial charge in [-0.3, -0.25) is 19.3 Å². The highest BCUT2D eigenvalue weighted by Gasteiger charge is 2.51. The molecule has 3 saturated heterocycles. The van der Waals surface area contributed by atoms with Crippen molar-refractivity contribution < 1.29 is 14.4 Å². The number of amides is 3. The van der Waals surface area contributed by atoms with Crippen molar-refractivity contribution in [2.24, 2.45) is 11.7 Å². The minimum atomic E-state index is -0.468. The molecule has 0 saturated carbocycles. The van der Waals surface area contributed by atoms with Gasteiger partial charge in [-0.1, -0.05) is 19.1 Å². The first-order valence-electron chi connectivity index (χ1n) is 11.0. The summed E-state index contributed by atoms with van der Waals surface area (Å²) in [5.74, 6) is -0.601. The lowest BCUT2D eigenvalue weighted by molar-refractivity contribution is -0.142. The molecule has 2 N–H and O–H groups in total. The van der Waals surface area contributed by atoms with Crippen molar-refractivity contribution in [3.8, 4) is 6.07 Å². The van der Waals surface area contributed by atoms with Crippen molar-refractivity contribution in [2.45, 2.75) is 57.3 Å². The quantitative estimate of drug-likeness (QED) is 0.741. The van der Waals surface area contributed by atoms with Crippen LogP contribution in [0.2, 0.25) is 0 Å². The maximum atomic E-state index is 13.1. The molecule has 3 heterocycles. The van der Waals surface area contributed by atoms with E-state index in [2.05, 4.69) is 11.0 Å². The van der Waals surface area contributed by atoms with Gasteiger partial charge in [-0.25, -0.2) is 0 Å². The van der Waals surface area contributed by atoms with Crippen LogP contribution in [0.5, 0.6) is 0 Å². The van der Waals surface area contributed by atoms with Gasteiger partial charge < -0.3 is 15.5 Å². The number of nitriles is 1. The molecular weight excluding hydrogens is 394 g/mol. The maximum Gasteiger partial charge on any atom is 0.248 e. The second-order valence-corrected chi connectivity index (χ2v) is 8.99. The number of fused-ring (bicyclic) bond motifs is 2. The topological polar surface area (TPSA) is 111 Å². The van der Waals surface area contributed by atoms with Crippen LogP contribution in [0.1, 0.15) is 55.1 Å². The van der Waals surface area contributed by atoms with Gasteiger partial charge in [0.25, 0.3) is 0 Å². The van der Waals surface area contributed by atoms with E-state index < -0.39 is 5.91 Å². The molecule has 0 aromatic heterocycles. The van der Waals surface area contributed by atoms with Gasteiger partial charge in [-0.15, -0.1) is 0 Å². The number of benzene rings is 1. The number of nitrogens with two attached hydrogens (primary N) is 1. The van der Waals surface area contributed by atoms with E-state index in [1.165, 1.54) is 0 Å². The molecule has 3 amide bonds. The smallest absolute Gasteiger partial charge is 0.248 e. The number of primary amides is 1. The van der Waals surface area contributed by atoms with Crippen molar-refractivity contribution in [1.29, 1.82) is 5.26 Å². The van der Waals surface area contributed by atoms with E-state index in [1.54, 1.807) is 17.0 Å². The summed E-state index contributed by atoms with van der Waals surface area (Å²) in [5, 5.41) is 9.26. The Kier molecular flexibility index (Phi) is 5.71. The Labute approximate surface area is 182 Å². The van der Waals surface area contributed by atoms with Gasteiger partial charge in [0.05, 0.1) is 18.2 Å². The summed E-state index contributed by atoms with van der Waals surface area (Å²) in [6.07, 6.45) is 2.39. The van der Waals surface area contributed by atoms with Crippen LogP contribution in [-0.4, -0.2) is 70.2 Å². The molecule has 0 spiro atoms. The lowest BCUT2D eigenvalue weighted by Crippen LogP contribution is -2.53. The average molecular weight is 424 g/mol. The molecule has 0 unspecified atom stereocenters. The van der Waals surface area contributed by atoms with Crippen LogP contribution >= 0.6 is 0 Å². The Balaban J connectivity index is 1.39. The van der Waals surface area contributed by atoms with Crippen LogP contribution in [0.25, 0.3) is 0 Å². The van der Waals surface area contributed by atoms with E-state index in [-0.39, 0.29) is 41.9 Å². The first kappa shape index (κ1) is 21.3. The molecule has 3 fully saturated rings. The van der Waals surface area contributed by atoms with Crippen LogP contribution in [0.4, 0.5) is 0 Å². The molecule has 164 valence electrons. The van der Waals surface area contributed by atoms with Gasteiger partial charge in [0, 0.05) is 37.2 Å². The number of nitrogens with zero attached hydrogens (tertiary/aromatic N) is 4. The standard InChI is InChI=1S/C23H29N5O3/c1-14(22(30)27-9-3-4-18(27)11-24)12-26-13-19-10-20(26)23(31)28(19)15(2)16-5-7-17(8-6-16)21(25)29/h5-8,14-15,18-20H,3-4,9-10,12-13H2,1-2H3,(H2,25,29)/t14-,15+,18-,19-,20-/m0/s1. The third-order valence-corrected chi connectivity index (χ3v) is 7.02. The summed E-state index contributed by atoms with van der Waals surface area (Å²) < 4.78 is 0.